The Labute approximate surface area is 168 Å². The predicted molar refractivity (Wildman–Crippen MR) is 112 cm³/mol. The maximum Gasteiger partial charge on any atom is 0.220 e. The Balaban J connectivity index is 1.38. The first-order valence-corrected chi connectivity index (χ1v) is 10.2. The maximum atomic E-state index is 12.1. The standard InChI is InChI=1S/C22H24N2O3S/c1-15(22-24-19-9-3-4-10-20(19)28-22)14-23-21(26)11-6-12-27-18-8-5-7-17(13-18)16(2)25/h3-5,7-10,13,15H,6,11-12,14H2,1-2H3,(H,23,26). The third-order valence-corrected chi connectivity index (χ3v) is 5.66. The van der Waals surface area contributed by atoms with E-state index in [0.717, 1.165) is 10.5 Å². The number of benzene rings is 2. The first-order chi connectivity index (χ1) is 13.5. The zero-order valence-electron chi connectivity index (χ0n) is 16.1. The van der Waals surface area contributed by atoms with E-state index in [2.05, 4.69) is 23.3 Å². The van der Waals surface area contributed by atoms with E-state index in [1.54, 1.807) is 29.5 Å². The summed E-state index contributed by atoms with van der Waals surface area (Å²) in [4.78, 5) is 28.1. The van der Waals surface area contributed by atoms with Crippen LogP contribution in [0.3, 0.4) is 0 Å². The fourth-order valence-corrected chi connectivity index (χ4v) is 3.79. The predicted octanol–water partition coefficient (Wildman–Crippen LogP) is 4.58. The molecule has 1 amide bonds. The highest BCUT2D eigenvalue weighted by atomic mass is 32.1. The molecule has 1 unspecified atom stereocenters. The van der Waals surface area contributed by atoms with Crippen LogP contribution in [0.15, 0.2) is 48.5 Å². The fourth-order valence-electron chi connectivity index (χ4n) is 2.77. The number of aromatic nitrogens is 1. The number of ketones is 1. The van der Waals surface area contributed by atoms with Gasteiger partial charge >= 0.3 is 0 Å². The molecule has 28 heavy (non-hydrogen) atoms. The van der Waals surface area contributed by atoms with Gasteiger partial charge < -0.3 is 10.1 Å². The highest BCUT2D eigenvalue weighted by Gasteiger charge is 2.12. The molecule has 0 aliphatic carbocycles. The minimum absolute atomic E-state index is 0.00655. The Kier molecular flexibility index (Phi) is 6.76. The Morgan fingerprint density at radius 1 is 1.18 bits per heavy atom. The highest BCUT2D eigenvalue weighted by molar-refractivity contribution is 7.18. The van der Waals surface area contributed by atoms with Crippen LogP contribution in [0.5, 0.6) is 5.75 Å². The molecule has 146 valence electrons. The van der Waals surface area contributed by atoms with Crippen molar-refractivity contribution in [1.82, 2.24) is 10.3 Å². The van der Waals surface area contributed by atoms with Gasteiger partial charge in [0.15, 0.2) is 5.78 Å². The molecule has 0 spiro atoms. The number of carbonyl (C=O) groups is 2. The topological polar surface area (TPSA) is 68.3 Å². The van der Waals surface area contributed by atoms with E-state index in [9.17, 15) is 9.59 Å². The number of fused-ring (bicyclic) bond motifs is 1. The molecular formula is C22H24N2O3S. The molecule has 1 heterocycles. The lowest BCUT2D eigenvalue weighted by molar-refractivity contribution is -0.121. The molecular weight excluding hydrogens is 372 g/mol. The van der Waals surface area contributed by atoms with Gasteiger partial charge in [0, 0.05) is 24.4 Å². The number of ether oxygens (including phenoxy) is 1. The van der Waals surface area contributed by atoms with E-state index >= 15 is 0 Å². The van der Waals surface area contributed by atoms with Crippen molar-refractivity contribution >= 4 is 33.2 Å². The van der Waals surface area contributed by atoms with Crippen molar-refractivity contribution in [3.63, 3.8) is 0 Å². The number of rotatable bonds is 9. The van der Waals surface area contributed by atoms with Crippen molar-refractivity contribution in [2.45, 2.75) is 32.6 Å². The SMILES string of the molecule is CC(=O)c1cccc(OCCCC(=O)NCC(C)c2nc3ccccc3s2)c1. The Morgan fingerprint density at radius 2 is 2.00 bits per heavy atom. The molecule has 0 radical (unpaired) electrons. The van der Waals surface area contributed by atoms with Gasteiger partial charge in [-0.25, -0.2) is 4.98 Å². The van der Waals surface area contributed by atoms with Crippen molar-refractivity contribution in [2.24, 2.45) is 0 Å². The molecule has 3 rings (SSSR count). The van der Waals surface area contributed by atoms with Crippen molar-refractivity contribution in [1.29, 1.82) is 0 Å². The van der Waals surface area contributed by atoms with Crippen LogP contribution in [0.25, 0.3) is 10.2 Å². The van der Waals surface area contributed by atoms with Gasteiger partial charge in [0.2, 0.25) is 5.91 Å². The van der Waals surface area contributed by atoms with E-state index < -0.39 is 0 Å². The summed E-state index contributed by atoms with van der Waals surface area (Å²) < 4.78 is 6.80. The summed E-state index contributed by atoms with van der Waals surface area (Å²) in [5.41, 5.74) is 1.63. The highest BCUT2D eigenvalue weighted by Crippen LogP contribution is 2.26. The van der Waals surface area contributed by atoms with Crippen LogP contribution < -0.4 is 10.1 Å². The number of hydrogen-bond donors (Lipinski definition) is 1. The van der Waals surface area contributed by atoms with E-state index in [1.165, 1.54) is 11.6 Å². The number of para-hydroxylation sites is 1. The number of carbonyl (C=O) groups excluding carboxylic acids is 2. The van der Waals surface area contributed by atoms with Crippen LogP contribution in [-0.2, 0) is 4.79 Å². The molecule has 0 saturated heterocycles. The number of nitrogens with zero attached hydrogens (tertiary/aromatic N) is 1. The van der Waals surface area contributed by atoms with Gasteiger partial charge in [0.25, 0.3) is 0 Å². The molecule has 5 nitrogen and oxygen atoms in total. The van der Waals surface area contributed by atoms with Crippen LogP contribution in [-0.4, -0.2) is 29.8 Å². The molecule has 6 heteroatoms. The maximum absolute atomic E-state index is 12.1. The van der Waals surface area contributed by atoms with Gasteiger partial charge in [-0.05, 0) is 37.6 Å². The Bertz CT molecular complexity index is 934. The van der Waals surface area contributed by atoms with Crippen molar-refractivity contribution in [3.05, 3.63) is 59.1 Å². The molecule has 0 saturated carbocycles. The average Bonchev–Trinajstić information content (AvgIpc) is 3.14. The largest absolute Gasteiger partial charge is 0.494 e. The fraction of sp³-hybridized carbons (Fsp3) is 0.318. The number of amides is 1. The van der Waals surface area contributed by atoms with Gasteiger partial charge in [-0.3, -0.25) is 9.59 Å². The zero-order valence-corrected chi connectivity index (χ0v) is 16.9. The molecule has 1 N–H and O–H groups in total. The molecule has 0 bridgehead atoms. The minimum Gasteiger partial charge on any atom is -0.494 e. The molecule has 3 aromatic rings. The van der Waals surface area contributed by atoms with E-state index in [1.807, 2.05) is 24.3 Å². The summed E-state index contributed by atoms with van der Waals surface area (Å²) in [7, 11) is 0. The summed E-state index contributed by atoms with van der Waals surface area (Å²) in [6.07, 6.45) is 1.02. The quantitative estimate of drug-likeness (QED) is 0.425. The molecule has 1 aromatic heterocycles. The van der Waals surface area contributed by atoms with Crippen LogP contribution in [0, 0.1) is 0 Å². The van der Waals surface area contributed by atoms with Crippen LogP contribution >= 0.6 is 11.3 Å². The number of nitrogens with one attached hydrogen (secondary N) is 1. The van der Waals surface area contributed by atoms with Crippen molar-refractivity contribution in [3.8, 4) is 5.75 Å². The lowest BCUT2D eigenvalue weighted by Gasteiger charge is -2.10. The van der Waals surface area contributed by atoms with E-state index in [0.29, 0.717) is 37.3 Å². The Hall–Kier alpha value is -2.73. The van der Waals surface area contributed by atoms with Crippen molar-refractivity contribution < 1.29 is 14.3 Å². The average molecular weight is 397 g/mol. The molecule has 0 fully saturated rings. The Morgan fingerprint density at radius 3 is 2.79 bits per heavy atom. The molecule has 2 aromatic carbocycles. The number of thiazole rings is 1. The minimum atomic E-state index is 0.00655. The molecule has 0 aliphatic heterocycles. The second-order valence-corrected chi connectivity index (χ2v) is 7.82. The zero-order chi connectivity index (χ0) is 19.9. The monoisotopic (exact) mass is 396 g/mol. The first kappa shape index (κ1) is 20.0. The van der Waals surface area contributed by atoms with Gasteiger partial charge in [-0.15, -0.1) is 11.3 Å². The summed E-state index contributed by atoms with van der Waals surface area (Å²) in [6, 6.07) is 15.2. The van der Waals surface area contributed by atoms with Gasteiger partial charge in [0.1, 0.15) is 5.75 Å². The summed E-state index contributed by atoms with van der Waals surface area (Å²) in [5, 5.41) is 4.01. The van der Waals surface area contributed by atoms with Crippen molar-refractivity contribution in [2.75, 3.05) is 13.2 Å². The van der Waals surface area contributed by atoms with Crippen LogP contribution in [0.4, 0.5) is 0 Å². The van der Waals surface area contributed by atoms with Gasteiger partial charge in [-0.1, -0.05) is 31.2 Å². The lowest BCUT2D eigenvalue weighted by atomic mass is 10.1. The van der Waals surface area contributed by atoms with E-state index in [-0.39, 0.29) is 17.6 Å². The molecule has 0 aliphatic rings. The summed E-state index contributed by atoms with van der Waals surface area (Å²) >= 11 is 1.67. The van der Waals surface area contributed by atoms with Gasteiger partial charge in [-0.2, -0.15) is 0 Å². The molecule has 1 atom stereocenters. The smallest absolute Gasteiger partial charge is 0.220 e. The van der Waals surface area contributed by atoms with Crippen LogP contribution in [0.1, 0.15) is 48.0 Å². The van der Waals surface area contributed by atoms with E-state index in [4.69, 9.17) is 4.74 Å². The number of Topliss-reactive ketones (excluding diaryl/α,β-unsaturated/α-hetero) is 1. The summed E-state index contributed by atoms with van der Waals surface area (Å²) in [6.45, 7) is 4.60. The normalized spacial score (nSPS) is 11.9. The lowest BCUT2D eigenvalue weighted by Crippen LogP contribution is -2.27. The first-order valence-electron chi connectivity index (χ1n) is 9.39. The number of hydrogen-bond acceptors (Lipinski definition) is 5. The third-order valence-electron chi connectivity index (χ3n) is 4.39. The second-order valence-electron chi connectivity index (χ2n) is 6.76. The third kappa shape index (κ3) is 5.39. The second kappa shape index (κ2) is 9.46. The van der Waals surface area contributed by atoms with Gasteiger partial charge in [0.05, 0.1) is 21.8 Å². The van der Waals surface area contributed by atoms with Crippen LogP contribution in [0.2, 0.25) is 0 Å². The summed E-state index contributed by atoms with van der Waals surface area (Å²) in [5.74, 6) is 0.839.